The van der Waals surface area contributed by atoms with Crippen LogP contribution in [0.4, 0.5) is 0 Å². The summed E-state index contributed by atoms with van der Waals surface area (Å²) in [6, 6.07) is 11.3. The fourth-order valence-corrected chi connectivity index (χ4v) is 4.21. The van der Waals surface area contributed by atoms with Crippen LogP contribution < -0.4 is 9.47 Å². The van der Waals surface area contributed by atoms with Crippen LogP contribution in [0.1, 0.15) is 40.0 Å². The molecule has 0 aliphatic heterocycles. The van der Waals surface area contributed by atoms with Gasteiger partial charge in [-0.25, -0.2) is 4.79 Å². The molecule has 0 fully saturated rings. The number of methoxy groups -OCH3 is 2. The van der Waals surface area contributed by atoms with Crippen LogP contribution >= 0.6 is 0 Å². The maximum atomic E-state index is 11.9. The third-order valence-electron chi connectivity index (χ3n) is 5.44. The van der Waals surface area contributed by atoms with Crippen LogP contribution in [0.5, 0.6) is 11.5 Å². The molecule has 5 heteroatoms. The normalized spacial score (nSPS) is 13.4. The second kappa shape index (κ2) is 6.99. The van der Waals surface area contributed by atoms with Gasteiger partial charge in [-0.05, 0) is 55.5 Å². The van der Waals surface area contributed by atoms with E-state index in [2.05, 4.69) is 4.57 Å². The molecule has 0 radical (unpaired) electrons. The van der Waals surface area contributed by atoms with Crippen molar-refractivity contribution in [2.45, 2.75) is 32.2 Å². The van der Waals surface area contributed by atoms with Crippen LogP contribution in [-0.4, -0.2) is 29.9 Å². The number of carboxylic acid groups (broad SMARTS) is 1. The van der Waals surface area contributed by atoms with Gasteiger partial charge in [0.1, 0.15) is 11.5 Å². The molecule has 2 aromatic carbocycles. The molecule has 1 aliphatic carbocycles. The van der Waals surface area contributed by atoms with Crippen LogP contribution in [0.3, 0.4) is 0 Å². The van der Waals surface area contributed by atoms with Gasteiger partial charge >= 0.3 is 5.97 Å². The number of benzene rings is 2. The first kappa shape index (κ1) is 17.5. The molecule has 4 rings (SSSR count). The summed E-state index contributed by atoms with van der Waals surface area (Å²) in [5.74, 6) is 0.638. The first-order valence-electron chi connectivity index (χ1n) is 9.21. The van der Waals surface area contributed by atoms with Gasteiger partial charge in [0.25, 0.3) is 0 Å². The Hall–Kier alpha value is -2.95. The molecule has 27 heavy (non-hydrogen) atoms. The zero-order chi connectivity index (χ0) is 19.0. The van der Waals surface area contributed by atoms with Crippen molar-refractivity contribution in [3.05, 3.63) is 58.8 Å². The fraction of sp³-hybridized carbons (Fsp3) is 0.318. The zero-order valence-corrected chi connectivity index (χ0v) is 15.6. The molecular weight excluding hydrogens is 342 g/mol. The van der Waals surface area contributed by atoms with Crippen molar-refractivity contribution in [3.8, 4) is 11.5 Å². The van der Waals surface area contributed by atoms with E-state index in [-0.39, 0.29) is 0 Å². The van der Waals surface area contributed by atoms with Gasteiger partial charge in [0.2, 0.25) is 0 Å². The quantitative estimate of drug-likeness (QED) is 0.733. The van der Waals surface area contributed by atoms with Crippen molar-refractivity contribution >= 4 is 16.9 Å². The first-order valence-corrected chi connectivity index (χ1v) is 9.21. The van der Waals surface area contributed by atoms with E-state index in [9.17, 15) is 9.90 Å². The van der Waals surface area contributed by atoms with Gasteiger partial charge in [0.15, 0.2) is 0 Å². The van der Waals surface area contributed by atoms with Crippen LogP contribution in [-0.2, 0) is 19.4 Å². The molecule has 0 saturated carbocycles. The minimum absolute atomic E-state index is 0.351. The summed E-state index contributed by atoms with van der Waals surface area (Å²) >= 11 is 0. The van der Waals surface area contributed by atoms with Gasteiger partial charge in [0.05, 0.1) is 31.8 Å². The highest BCUT2D eigenvalue weighted by atomic mass is 16.5. The standard InChI is InChI=1S/C22H23NO4/c1-26-15-10-11-20(27-2)14(12-15)13-23-19-9-4-3-6-16(19)17-7-5-8-18(21(17)23)22(24)25/h5,7-8,10-12H,3-4,6,9,13H2,1-2H3,(H,24,25). The highest BCUT2D eigenvalue weighted by Gasteiger charge is 2.24. The average Bonchev–Trinajstić information content (AvgIpc) is 3.02. The monoisotopic (exact) mass is 365 g/mol. The van der Waals surface area contributed by atoms with Gasteiger partial charge in [-0.15, -0.1) is 0 Å². The maximum absolute atomic E-state index is 11.9. The largest absolute Gasteiger partial charge is 0.497 e. The SMILES string of the molecule is COc1ccc(OC)c(Cn2c3c(c4cccc(C(=O)O)c42)CCCC3)c1. The molecule has 1 aliphatic rings. The molecule has 1 aromatic heterocycles. The zero-order valence-electron chi connectivity index (χ0n) is 15.6. The molecule has 1 heterocycles. The second-order valence-corrected chi connectivity index (χ2v) is 6.90. The molecule has 0 saturated heterocycles. The lowest BCUT2D eigenvalue weighted by atomic mass is 9.95. The Balaban J connectivity index is 1.95. The molecule has 140 valence electrons. The van der Waals surface area contributed by atoms with E-state index in [1.54, 1.807) is 20.3 Å². The summed E-state index contributed by atoms with van der Waals surface area (Å²) in [5.41, 5.74) is 4.67. The predicted octanol–water partition coefficient (Wildman–Crippen LogP) is 4.28. The minimum atomic E-state index is -0.894. The minimum Gasteiger partial charge on any atom is -0.497 e. The number of fused-ring (bicyclic) bond motifs is 3. The Morgan fingerprint density at radius 3 is 2.67 bits per heavy atom. The lowest BCUT2D eigenvalue weighted by molar-refractivity contribution is 0.0698. The number of aromatic nitrogens is 1. The topological polar surface area (TPSA) is 60.7 Å². The van der Waals surface area contributed by atoms with Crippen LogP contribution in [0.15, 0.2) is 36.4 Å². The number of ether oxygens (including phenoxy) is 2. The van der Waals surface area contributed by atoms with E-state index in [1.165, 1.54) is 11.3 Å². The van der Waals surface area contributed by atoms with E-state index < -0.39 is 5.97 Å². The maximum Gasteiger partial charge on any atom is 0.337 e. The van der Waals surface area contributed by atoms with Crippen molar-refractivity contribution in [1.82, 2.24) is 4.57 Å². The van der Waals surface area contributed by atoms with Crippen LogP contribution in [0, 0.1) is 0 Å². The molecule has 1 N–H and O–H groups in total. The molecule has 0 amide bonds. The summed E-state index contributed by atoms with van der Waals surface area (Å²) in [4.78, 5) is 11.9. The van der Waals surface area contributed by atoms with E-state index in [0.717, 1.165) is 53.6 Å². The number of para-hydroxylation sites is 1. The highest BCUT2D eigenvalue weighted by Crippen LogP contribution is 2.36. The third kappa shape index (κ3) is 2.93. The number of aryl methyl sites for hydroxylation is 1. The third-order valence-corrected chi connectivity index (χ3v) is 5.44. The number of aromatic carboxylic acids is 1. The highest BCUT2D eigenvalue weighted by molar-refractivity contribution is 6.04. The second-order valence-electron chi connectivity index (χ2n) is 6.90. The molecule has 0 spiro atoms. The Morgan fingerprint density at radius 2 is 1.93 bits per heavy atom. The predicted molar refractivity (Wildman–Crippen MR) is 104 cm³/mol. The number of hydrogen-bond acceptors (Lipinski definition) is 3. The van der Waals surface area contributed by atoms with E-state index in [1.807, 2.05) is 30.3 Å². The molecular formula is C22H23NO4. The van der Waals surface area contributed by atoms with Crippen LogP contribution in [0.2, 0.25) is 0 Å². The average molecular weight is 365 g/mol. The molecule has 0 atom stereocenters. The Kier molecular flexibility index (Phi) is 4.52. The van der Waals surface area contributed by atoms with Gasteiger partial charge in [-0.1, -0.05) is 12.1 Å². The summed E-state index contributed by atoms with van der Waals surface area (Å²) < 4.78 is 13.1. The summed E-state index contributed by atoms with van der Waals surface area (Å²) in [7, 11) is 3.29. The van der Waals surface area contributed by atoms with Gasteiger partial charge in [0, 0.05) is 16.6 Å². The number of nitrogens with zero attached hydrogens (tertiary/aromatic N) is 1. The van der Waals surface area contributed by atoms with E-state index in [4.69, 9.17) is 9.47 Å². The number of rotatable bonds is 5. The Bertz CT molecular complexity index is 1020. The summed E-state index contributed by atoms with van der Waals surface area (Å²) in [6.45, 7) is 0.552. The van der Waals surface area contributed by atoms with Crippen molar-refractivity contribution < 1.29 is 19.4 Å². The lowest BCUT2D eigenvalue weighted by Gasteiger charge is -2.18. The van der Waals surface area contributed by atoms with Crippen molar-refractivity contribution in [3.63, 3.8) is 0 Å². The van der Waals surface area contributed by atoms with Crippen molar-refractivity contribution in [2.24, 2.45) is 0 Å². The first-order chi connectivity index (χ1) is 13.1. The molecule has 0 unspecified atom stereocenters. The number of carbonyl (C=O) groups is 1. The lowest BCUT2D eigenvalue weighted by Crippen LogP contribution is -2.11. The Labute approximate surface area is 158 Å². The van der Waals surface area contributed by atoms with Crippen molar-refractivity contribution in [2.75, 3.05) is 14.2 Å². The molecule has 3 aromatic rings. The number of hydrogen-bond donors (Lipinski definition) is 1. The summed E-state index contributed by atoms with van der Waals surface area (Å²) in [5, 5.41) is 10.8. The molecule has 0 bridgehead atoms. The van der Waals surface area contributed by atoms with Crippen LogP contribution in [0.25, 0.3) is 10.9 Å². The van der Waals surface area contributed by atoms with Gasteiger partial charge in [-0.3, -0.25) is 0 Å². The summed E-state index contributed by atoms with van der Waals surface area (Å²) in [6.07, 6.45) is 4.24. The Morgan fingerprint density at radius 1 is 1.11 bits per heavy atom. The van der Waals surface area contributed by atoms with Crippen molar-refractivity contribution in [1.29, 1.82) is 0 Å². The molecule has 5 nitrogen and oxygen atoms in total. The van der Waals surface area contributed by atoms with Gasteiger partial charge in [-0.2, -0.15) is 0 Å². The smallest absolute Gasteiger partial charge is 0.337 e. The fourth-order valence-electron chi connectivity index (χ4n) is 4.21. The van der Waals surface area contributed by atoms with E-state index in [0.29, 0.717) is 12.1 Å². The number of carboxylic acids is 1. The van der Waals surface area contributed by atoms with Gasteiger partial charge < -0.3 is 19.1 Å². The van der Waals surface area contributed by atoms with E-state index >= 15 is 0 Å².